The first-order chi connectivity index (χ1) is 11.1. The van der Waals surface area contributed by atoms with E-state index in [1.807, 2.05) is 0 Å². The second kappa shape index (κ2) is 7.14. The summed E-state index contributed by atoms with van der Waals surface area (Å²) in [6.07, 6.45) is -2.74. The van der Waals surface area contributed by atoms with Gasteiger partial charge in [-0.1, -0.05) is 11.6 Å². The number of nitrogens with zero attached hydrogens (tertiary/aromatic N) is 1. The smallest absolute Gasteiger partial charge is 0.475 e. The highest BCUT2D eigenvalue weighted by Gasteiger charge is 2.40. The zero-order valence-corrected chi connectivity index (χ0v) is 13.4. The van der Waals surface area contributed by atoms with Gasteiger partial charge in [-0.25, -0.2) is 9.18 Å². The van der Waals surface area contributed by atoms with Gasteiger partial charge in [0.2, 0.25) is 0 Å². The summed E-state index contributed by atoms with van der Waals surface area (Å²) in [6.45, 7) is 4.23. The molecule has 0 aromatic heterocycles. The lowest BCUT2D eigenvalue weighted by Crippen LogP contribution is -2.58. The van der Waals surface area contributed by atoms with Crippen LogP contribution in [0.25, 0.3) is 0 Å². The molecule has 2 aliphatic heterocycles. The number of anilines is 1. The van der Waals surface area contributed by atoms with Gasteiger partial charge in [0.15, 0.2) is 0 Å². The quantitative estimate of drug-likeness (QED) is 0.747. The van der Waals surface area contributed by atoms with Crippen molar-refractivity contribution < 1.29 is 27.5 Å². The zero-order chi connectivity index (χ0) is 18.0. The predicted octanol–water partition coefficient (Wildman–Crippen LogP) is 3.30. The summed E-state index contributed by atoms with van der Waals surface area (Å²) < 4.78 is 45.0. The summed E-state index contributed by atoms with van der Waals surface area (Å²) in [5.41, 5.74) is 1.35. The van der Waals surface area contributed by atoms with Crippen molar-refractivity contribution >= 4 is 23.3 Å². The number of alkyl halides is 3. The van der Waals surface area contributed by atoms with Crippen molar-refractivity contribution in [3.8, 4) is 0 Å². The normalized spacial score (nSPS) is 19.3. The van der Waals surface area contributed by atoms with E-state index in [4.69, 9.17) is 21.5 Å². The molecule has 134 valence electrons. The molecule has 0 aliphatic carbocycles. The number of nitrogens with one attached hydrogen (secondary N) is 1. The third-order valence-electron chi connectivity index (χ3n) is 4.32. The molecule has 0 atom stereocenters. The van der Waals surface area contributed by atoms with Gasteiger partial charge >= 0.3 is 12.1 Å². The Hall–Kier alpha value is -1.54. The van der Waals surface area contributed by atoms with E-state index in [2.05, 4.69) is 10.2 Å². The second-order valence-electron chi connectivity index (χ2n) is 5.99. The number of carboxylic acids is 1. The highest BCUT2D eigenvalue weighted by atomic mass is 35.5. The standard InChI is InChI=1S/C13H16ClFN2.C2HF3O2/c14-11-2-1-10(15)7-12(11)17-5-3-13(4-6-17)8-16-9-13;3-2(4,5)1(6)7/h1-2,7,16H,3-6,8-9H2;(H,6,7). The van der Waals surface area contributed by atoms with Crippen molar-refractivity contribution in [1.29, 1.82) is 0 Å². The van der Waals surface area contributed by atoms with Gasteiger partial charge in [0.25, 0.3) is 0 Å². The van der Waals surface area contributed by atoms with Gasteiger partial charge in [-0.05, 0) is 36.5 Å². The van der Waals surface area contributed by atoms with Gasteiger partial charge in [-0.2, -0.15) is 13.2 Å². The lowest BCUT2D eigenvalue weighted by molar-refractivity contribution is -0.192. The van der Waals surface area contributed by atoms with E-state index in [0.717, 1.165) is 31.9 Å². The maximum atomic E-state index is 13.2. The molecule has 1 spiro atoms. The van der Waals surface area contributed by atoms with E-state index in [1.54, 1.807) is 12.1 Å². The third kappa shape index (κ3) is 4.51. The van der Waals surface area contributed by atoms with Crippen LogP contribution in [0.4, 0.5) is 23.2 Å². The topological polar surface area (TPSA) is 52.6 Å². The van der Waals surface area contributed by atoms with Crippen LogP contribution in [0.1, 0.15) is 12.8 Å². The number of rotatable bonds is 1. The minimum Gasteiger partial charge on any atom is -0.475 e. The van der Waals surface area contributed by atoms with E-state index in [9.17, 15) is 17.6 Å². The molecule has 1 aromatic carbocycles. The van der Waals surface area contributed by atoms with Crippen LogP contribution in [0.5, 0.6) is 0 Å². The lowest BCUT2D eigenvalue weighted by atomic mass is 9.73. The number of hydrogen-bond acceptors (Lipinski definition) is 3. The first kappa shape index (κ1) is 18.8. The molecule has 2 N–H and O–H groups in total. The summed E-state index contributed by atoms with van der Waals surface area (Å²) in [5.74, 6) is -2.97. The maximum absolute atomic E-state index is 13.2. The Bertz CT molecular complexity index is 596. The zero-order valence-electron chi connectivity index (χ0n) is 12.7. The molecule has 2 heterocycles. The molecule has 9 heteroatoms. The van der Waals surface area contributed by atoms with Crippen molar-refractivity contribution in [3.63, 3.8) is 0 Å². The molecule has 0 unspecified atom stereocenters. The van der Waals surface area contributed by atoms with Crippen LogP contribution in [-0.4, -0.2) is 43.4 Å². The summed E-state index contributed by atoms with van der Waals surface area (Å²) in [6, 6.07) is 4.59. The van der Waals surface area contributed by atoms with Crippen molar-refractivity contribution in [2.75, 3.05) is 31.1 Å². The van der Waals surface area contributed by atoms with Crippen LogP contribution in [0.15, 0.2) is 18.2 Å². The number of benzene rings is 1. The van der Waals surface area contributed by atoms with Crippen LogP contribution in [0.3, 0.4) is 0 Å². The summed E-state index contributed by atoms with van der Waals surface area (Å²) >= 11 is 6.13. The number of piperidine rings is 1. The second-order valence-corrected chi connectivity index (χ2v) is 6.40. The Morgan fingerprint density at radius 1 is 1.25 bits per heavy atom. The van der Waals surface area contributed by atoms with Crippen LogP contribution < -0.4 is 10.2 Å². The minimum absolute atomic E-state index is 0.213. The Balaban J connectivity index is 0.000000256. The number of halogens is 5. The van der Waals surface area contributed by atoms with Crippen molar-refractivity contribution in [2.45, 2.75) is 19.0 Å². The average molecular weight is 369 g/mol. The fraction of sp³-hybridized carbons (Fsp3) is 0.533. The highest BCUT2D eigenvalue weighted by Crippen LogP contribution is 2.38. The molecule has 2 aliphatic rings. The molecule has 0 saturated carbocycles. The van der Waals surface area contributed by atoms with E-state index in [0.29, 0.717) is 10.4 Å². The number of aliphatic carboxylic acids is 1. The van der Waals surface area contributed by atoms with Crippen LogP contribution in [0.2, 0.25) is 5.02 Å². The van der Waals surface area contributed by atoms with E-state index >= 15 is 0 Å². The van der Waals surface area contributed by atoms with Gasteiger partial charge in [-0.3, -0.25) is 0 Å². The van der Waals surface area contributed by atoms with E-state index in [1.165, 1.54) is 18.9 Å². The first-order valence-corrected chi connectivity index (χ1v) is 7.72. The Labute approximate surface area is 141 Å². The van der Waals surface area contributed by atoms with Crippen molar-refractivity contribution in [2.24, 2.45) is 5.41 Å². The van der Waals surface area contributed by atoms with Gasteiger partial charge in [0, 0.05) is 26.2 Å². The highest BCUT2D eigenvalue weighted by molar-refractivity contribution is 6.33. The number of carbonyl (C=O) groups is 1. The largest absolute Gasteiger partial charge is 0.490 e. The molecule has 3 rings (SSSR count). The summed E-state index contributed by atoms with van der Waals surface area (Å²) in [7, 11) is 0. The SMILES string of the molecule is Fc1ccc(Cl)c(N2CCC3(CC2)CNC3)c1.O=C(O)C(F)(F)F. The van der Waals surface area contributed by atoms with Crippen LogP contribution in [0, 0.1) is 11.2 Å². The van der Waals surface area contributed by atoms with Gasteiger partial charge in [0.1, 0.15) is 5.82 Å². The monoisotopic (exact) mass is 368 g/mol. The Morgan fingerprint density at radius 3 is 2.21 bits per heavy atom. The summed E-state index contributed by atoms with van der Waals surface area (Å²) in [5, 5.41) is 11.1. The molecule has 0 radical (unpaired) electrons. The number of hydrogen-bond donors (Lipinski definition) is 2. The molecule has 0 bridgehead atoms. The molecule has 0 amide bonds. The third-order valence-corrected chi connectivity index (χ3v) is 4.64. The molecular formula is C15H17ClF4N2O2. The molecule has 1 aromatic rings. The van der Waals surface area contributed by atoms with Crippen LogP contribution in [-0.2, 0) is 4.79 Å². The molecule has 2 fully saturated rings. The Morgan fingerprint density at radius 2 is 1.79 bits per heavy atom. The van der Waals surface area contributed by atoms with Gasteiger partial charge < -0.3 is 15.3 Å². The van der Waals surface area contributed by atoms with E-state index < -0.39 is 12.1 Å². The summed E-state index contributed by atoms with van der Waals surface area (Å²) in [4.78, 5) is 11.1. The minimum atomic E-state index is -5.08. The molecule has 2 saturated heterocycles. The first-order valence-electron chi connectivity index (χ1n) is 7.34. The molecular weight excluding hydrogens is 352 g/mol. The maximum Gasteiger partial charge on any atom is 0.490 e. The van der Waals surface area contributed by atoms with Crippen molar-refractivity contribution in [1.82, 2.24) is 5.32 Å². The fourth-order valence-electron chi connectivity index (χ4n) is 2.78. The molecule has 24 heavy (non-hydrogen) atoms. The Kier molecular flexibility index (Phi) is 5.59. The van der Waals surface area contributed by atoms with Crippen molar-refractivity contribution in [3.05, 3.63) is 29.0 Å². The van der Waals surface area contributed by atoms with E-state index in [-0.39, 0.29) is 5.82 Å². The lowest BCUT2D eigenvalue weighted by Gasteiger charge is -2.49. The average Bonchev–Trinajstić information content (AvgIpc) is 2.48. The fourth-order valence-corrected chi connectivity index (χ4v) is 3.02. The van der Waals surface area contributed by atoms with Crippen LogP contribution >= 0.6 is 11.6 Å². The van der Waals surface area contributed by atoms with Gasteiger partial charge in [-0.15, -0.1) is 0 Å². The number of carboxylic acid groups (broad SMARTS) is 1. The predicted molar refractivity (Wildman–Crippen MR) is 81.9 cm³/mol. The molecule has 4 nitrogen and oxygen atoms in total. The van der Waals surface area contributed by atoms with Gasteiger partial charge in [0.05, 0.1) is 10.7 Å².